The molecule has 3 rings (SSSR count). The largest absolute Gasteiger partial charge is 0.479 e. The van der Waals surface area contributed by atoms with Crippen LogP contribution < -0.4 is 19.7 Å². The lowest BCUT2D eigenvalue weighted by Crippen LogP contribution is -2.47. The van der Waals surface area contributed by atoms with Crippen molar-refractivity contribution in [1.82, 2.24) is 0 Å². The zero-order chi connectivity index (χ0) is 18.7. The van der Waals surface area contributed by atoms with Gasteiger partial charge in [-0.05, 0) is 31.2 Å². The molecule has 2 aromatic rings. The lowest BCUT2D eigenvalue weighted by molar-refractivity contribution is -0.127. The molecule has 136 valence electrons. The molecule has 1 atom stereocenters. The lowest BCUT2D eigenvalue weighted by Gasteiger charge is -2.32. The zero-order valence-electron chi connectivity index (χ0n) is 13.8. The van der Waals surface area contributed by atoms with Gasteiger partial charge in [0.05, 0.1) is 11.4 Å². The highest BCUT2D eigenvalue weighted by molar-refractivity contribution is 6.06. The average molecular weight is 362 g/mol. The molecule has 8 heteroatoms. The molecular formula is C18H16F2N2O4. The summed E-state index contributed by atoms with van der Waals surface area (Å²) in [7, 11) is 0. The fraction of sp³-hybridized carbons (Fsp3) is 0.222. The van der Waals surface area contributed by atoms with Crippen LogP contribution in [0.1, 0.15) is 6.92 Å². The predicted molar refractivity (Wildman–Crippen MR) is 90.6 cm³/mol. The van der Waals surface area contributed by atoms with Crippen LogP contribution in [-0.4, -0.2) is 31.1 Å². The van der Waals surface area contributed by atoms with Crippen LogP contribution in [0.4, 0.5) is 20.2 Å². The molecule has 1 heterocycles. The van der Waals surface area contributed by atoms with Crippen LogP contribution in [0.3, 0.4) is 0 Å². The van der Waals surface area contributed by atoms with Crippen LogP contribution in [0.25, 0.3) is 0 Å². The van der Waals surface area contributed by atoms with Crippen LogP contribution >= 0.6 is 0 Å². The van der Waals surface area contributed by atoms with Crippen molar-refractivity contribution in [3.05, 3.63) is 48.5 Å². The van der Waals surface area contributed by atoms with Crippen LogP contribution in [-0.2, 0) is 9.59 Å². The van der Waals surface area contributed by atoms with Crippen molar-refractivity contribution in [1.29, 1.82) is 0 Å². The minimum Gasteiger partial charge on any atom is -0.479 e. The fourth-order valence-electron chi connectivity index (χ4n) is 2.62. The molecule has 0 bridgehead atoms. The van der Waals surface area contributed by atoms with Crippen LogP contribution in [0, 0.1) is 0 Å². The number of benzene rings is 2. The maximum absolute atomic E-state index is 12.5. The molecule has 1 N–H and O–H groups in total. The average Bonchev–Trinajstić information content (AvgIpc) is 2.60. The number of hydrogen-bond donors (Lipinski definition) is 1. The summed E-state index contributed by atoms with van der Waals surface area (Å²) in [4.78, 5) is 26.1. The van der Waals surface area contributed by atoms with E-state index in [-0.39, 0.29) is 23.9 Å². The van der Waals surface area contributed by atoms with Crippen molar-refractivity contribution >= 4 is 23.2 Å². The first-order valence-corrected chi connectivity index (χ1v) is 7.86. The second kappa shape index (κ2) is 7.38. The number of para-hydroxylation sites is 4. The number of carbonyl (C=O) groups is 2. The molecule has 0 saturated carbocycles. The van der Waals surface area contributed by atoms with Crippen molar-refractivity contribution < 1.29 is 27.8 Å². The van der Waals surface area contributed by atoms with Crippen LogP contribution in [0.15, 0.2) is 48.5 Å². The number of rotatable bonds is 5. The van der Waals surface area contributed by atoms with E-state index in [1.54, 1.807) is 37.3 Å². The Hall–Kier alpha value is -3.16. The van der Waals surface area contributed by atoms with Crippen molar-refractivity contribution in [2.24, 2.45) is 0 Å². The van der Waals surface area contributed by atoms with Crippen molar-refractivity contribution in [3.63, 3.8) is 0 Å². The third-order valence-corrected chi connectivity index (χ3v) is 3.75. The maximum atomic E-state index is 12.5. The lowest BCUT2D eigenvalue weighted by atomic mass is 10.2. The van der Waals surface area contributed by atoms with Gasteiger partial charge in [0, 0.05) is 0 Å². The summed E-state index contributed by atoms with van der Waals surface area (Å²) in [5, 5.41) is 2.50. The topological polar surface area (TPSA) is 67.9 Å². The quantitative estimate of drug-likeness (QED) is 0.888. The van der Waals surface area contributed by atoms with E-state index in [4.69, 9.17) is 4.74 Å². The SMILES string of the molecule is C[C@@H]1Oc2ccccc2N(CC(=O)Nc2ccccc2OC(F)F)C1=O. The number of amides is 2. The second-order valence-electron chi connectivity index (χ2n) is 5.58. The number of halogens is 2. The van der Waals surface area contributed by atoms with Gasteiger partial charge in [0.25, 0.3) is 5.91 Å². The molecule has 26 heavy (non-hydrogen) atoms. The smallest absolute Gasteiger partial charge is 0.387 e. The Bertz CT molecular complexity index is 828. The number of hydrogen-bond acceptors (Lipinski definition) is 4. The number of alkyl halides is 2. The number of anilines is 2. The Balaban J connectivity index is 1.78. The summed E-state index contributed by atoms with van der Waals surface area (Å²) in [5.74, 6) is -0.574. The molecule has 1 aliphatic heterocycles. The Morgan fingerprint density at radius 1 is 1.23 bits per heavy atom. The monoisotopic (exact) mass is 362 g/mol. The highest BCUT2D eigenvalue weighted by Gasteiger charge is 2.32. The minimum absolute atomic E-state index is 0.0971. The van der Waals surface area contributed by atoms with Gasteiger partial charge in [-0.25, -0.2) is 0 Å². The van der Waals surface area contributed by atoms with Crippen molar-refractivity contribution in [3.8, 4) is 11.5 Å². The van der Waals surface area contributed by atoms with Gasteiger partial charge in [-0.15, -0.1) is 0 Å². The zero-order valence-corrected chi connectivity index (χ0v) is 13.8. The number of carbonyl (C=O) groups excluding carboxylic acids is 2. The fourth-order valence-corrected chi connectivity index (χ4v) is 2.62. The summed E-state index contributed by atoms with van der Waals surface area (Å²) in [5.41, 5.74) is 0.572. The van der Waals surface area contributed by atoms with E-state index in [1.807, 2.05) is 0 Å². The van der Waals surface area contributed by atoms with Crippen molar-refractivity contribution in [2.75, 3.05) is 16.8 Å². The Morgan fingerprint density at radius 2 is 1.92 bits per heavy atom. The van der Waals surface area contributed by atoms with E-state index in [2.05, 4.69) is 10.1 Å². The van der Waals surface area contributed by atoms with E-state index in [9.17, 15) is 18.4 Å². The van der Waals surface area contributed by atoms with Gasteiger partial charge in [-0.2, -0.15) is 8.78 Å². The number of nitrogens with one attached hydrogen (secondary N) is 1. The Morgan fingerprint density at radius 3 is 2.69 bits per heavy atom. The second-order valence-corrected chi connectivity index (χ2v) is 5.58. The van der Waals surface area contributed by atoms with E-state index >= 15 is 0 Å². The predicted octanol–water partition coefficient (Wildman–Crippen LogP) is 3.04. The molecule has 0 fully saturated rings. The summed E-state index contributed by atoms with van der Waals surface area (Å²) in [6.45, 7) is -1.71. The summed E-state index contributed by atoms with van der Waals surface area (Å²) in [6, 6.07) is 12.7. The Kier molecular flexibility index (Phi) is 5.01. The van der Waals surface area contributed by atoms with E-state index in [0.29, 0.717) is 11.4 Å². The first-order valence-electron chi connectivity index (χ1n) is 7.86. The first kappa shape index (κ1) is 17.7. The molecule has 0 spiro atoms. The summed E-state index contributed by atoms with van der Waals surface area (Å²) in [6.07, 6.45) is -0.729. The van der Waals surface area contributed by atoms with Gasteiger partial charge in [0.1, 0.15) is 18.0 Å². The molecular weight excluding hydrogens is 346 g/mol. The first-order chi connectivity index (χ1) is 12.5. The van der Waals surface area contributed by atoms with Crippen LogP contribution in [0.2, 0.25) is 0 Å². The Labute approximate surface area is 148 Å². The highest BCUT2D eigenvalue weighted by atomic mass is 19.3. The summed E-state index contributed by atoms with van der Waals surface area (Å²) < 4.78 is 34.8. The molecule has 0 aliphatic carbocycles. The van der Waals surface area contributed by atoms with Gasteiger partial charge >= 0.3 is 6.61 Å². The molecule has 0 unspecified atom stereocenters. The standard InChI is InChI=1S/C18H16F2N2O4/c1-11-17(24)22(13-7-3-5-9-15(13)25-11)10-16(23)21-12-6-2-4-8-14(12)26-18(19)20/h2-9,11,18H,10H2,1H3,(H,21,23)/t11-/m0/s1. The van der Waals surface area contributed by atoms with Gasteiger partial charge in [-0.3, -0.25) is 14.5 Å². The minimum atomic E-state index is -3.01. The van der Waals surface area contributed by atoms with Gasteiger partial charge in [0.2, 0.25) is 5.91 Å². The van der Waals surface area contributed by atoms with E-state index < -0.39 is 18.6 Å². The molecule has 2 amide bonds. The molecule has 2 aromatic carbocycles. The maximum Gasteiger partial charge on any atom is 0.387 e. The van der Waals surface area contributed by atoms with Crippen LogP contribution in [0.5, 0.6) is 11.5 Å². The molecule has 0 saturated heterocycles. The number of fused-ring (bicyclic) bond motifs is 1. The number of ether oxygens (including phenoxy) is 2. The van der Waals surface area contributed by atoms with Gasteiger partial charge < -0.3 is 14.8 Å². The van der Waals surface area contributed by atoms with E-state index in [0.717, 1.165) is 0 Å². The molecule has 6 nitrogen and oxygen atoms in total. The number of nitrogens with zero attached hydrogens (tertiary/aromatic N) is 1. The normalized spacial score (nSPS) is 16.1. The third kappa shape index (κ3) is 3.74. The van der Waals surface area contributed by atoms with E-state index in [1.165, 1.54) is 23.1 Å². The molecule has 0 radical (unpaired) electrons. The van der Waals surface area contributed by atoms with Gasteiger partial charge in [-0.1, -0.05) is 24.3 Å². The third-order valence-electron chi connectivity index (χ3n) is 3.75. The molecule has 0 aromatic heterocycles. The van der Waals surface area contributed by atoms with Crippen molar-refractivity contribution in [2.45, 2.75) is 19.6 Å². The molecule has 1 aliphatic rings. The summed E-state index contributed by atoms with van der Waals surface area (Å²) >= 11 is 0. The van der Waals surface area contributed by atoms with Gasteiger partial charge in [0.15, 0.2) is 6.10 Å². The highest BCUT2D eigenvalue weighted by Crippen LogP contribution is 2.33.